The Morgan fingerprint density at radius 1 is 1.16 bits per heavy atom. The number of benzene rings is 2. The molecule has 0 fully saturated rings. The third-order valence-corrected chi connectivity index (χ3v) is 2.73. The van der Waals surface area contributed by atoms with Crippen LogP contribution in [0.3, 0.4) is 0 Å². The van der Waals surface area contributed by atoms with Gasteiger partial charge in [-0.15, -0.1) is 0 Å². The van der Waals surface area contributed by atoms with Crippen molar-refractivity contribution in [3.05, 3.63) is 59.1 Å². The van der Waals surface area contributed by atoms with Crippen molar-refractivity contribution in [3.8, 4) is 5.75 Å². The molecule has 0 aliphatic heterocycles. The van der Waals surface area contributed by atoms with Crippen LogP contribution in [0, 0.1) is 0 Å². The summed E-state index contributed by atoms with van der Waals surface area (Å²) in [5.41, 5.74) is 1.82. The Morgan fingerprint density at radius 2 is 1.95 bits per heavy atom. The summed E-state index contributed by atoms with van der Waals surface area (Å²) in [6.07, 6.45) is 1.54. The van der Waals surface area contributed by atoms with Crippen molar-refractivity contribution in [2.24, 2.45) is 4.99 Å². The lowest BCUT2D eigenvalue weighted by Gasteiger charge is -2.07. The average Bonchev–Trinajstić information content (AvgIpc) is 2.43. The summed E-state index contributed by atoms with van der Waals surface area (Å²) in [5, 5.41) is 2.04. The van der Waals surface area contributed by atoms with Gasteiger partial charge in [-0.1, -0.05) is 54.2 Å². The molecular formula is C15H12ClNOS. The zero-order valence-electron chi connectivity index (χ0n) is 10.1. The summed E-state index contributed by atoms with van der Waals surface area (Å²) in [4.78, 5) is 4.15. The molecule has 0 saturated carbocycles. The molecule has 2 aromatic carbocycles. The summed E-state index contributed by atoms with van der Waals surface area (Å²) >= 11 is 10.7. The van der Waals surface area contributed by atoms with Crippen LogP contribution in [0.25, 0.3) is 0 Å². The Balaban J connectivity index is 2.09. The average molecular weight is 290 g/mol. The van der Waals surface area contributed by atoms with Gasteiger partial charge in [0, 0.05) is 22.7 Å². The summed E-state index contributed by atoms with van der Waals surface area (Å²) < 4.78 is 5.70. The smallest absolute Gasteiger partial charge is 0.123 e. The van der Waals surface area contributed by atoms with E-state index < -0.39 is 0 Å². The number of nitrogens with zero attached hydrogens (tertiary/aromatic N) is 1. The van der Waals surface area contributed by atoms with Crippen LogP contribution >= 0.6 is 23.8 Å². The second kappa shape index (κ2) is 7.02. The van der Waals surface area contributed by atoms with Crippen LogP contribution in [0.5, 0.6) is 5.75 Å². The molecule has 0 atom stereocenters. The van der Waals surface area contributed by atoms with E-state index in [9.17, 15) is 0 Å². The fourth-order valence-corrected chi connectivity index (χ4v) is 1.84. The second-order valence-electron chi connectivity index (χ2n) is 3.83. The highest BCUT2D eigenvalue weighted by atomic mass is 35.5. The van der Waals surface area contributed by atoms with Gasteiger partial charge in [-0.2, -0.15) is 0 Å². The highest BCUT2D eigenvalue weighted by Crippen LogP contribution is 2.26. The molecule has 0 saturated heterocycles. The van der Waals surface area contributed by atoms with Gasteiger partial charge in [-0.05, 0) is 17.7 Å². The van der Waals surface area contributed by atoms with Gasteiger partial charge in [0.25, 0.3) is 0 Å². The molecule has 0 aliphatic rings. The number of thiocarbonyl (C=S) groups is 1. The van der Waals surface area contributed by atoms with Gasteiger partial charge in [-0.25, -0.2) is 0 Å². The number of ether oxygens (including phenoxy) is 1. The first-order valence-electron chi connectivity index (χ1n) is 5.73. The number of halogens is 1. The van der Waals surface area contributed by atoms with Crippen LogP contribution in [0.15, 0.2) is 53.5 Å². The number of hydrogen-bond acceptors (Lipinski definition) is 3. The predicted octanol–water partition coefficient (Wildman–Crippen LogP) is 4.62. The van der Waals surface area contributed by atoms with E-state index in [2.05, 4.69) is 4.99 Å². The van der Waals surface area contributed by atoms with E-state index >= 15 is 0 Å². The van der Waals surface area contributed by atoms with Gasteiger partial charge in [-0.3, -0.25) is 4.99 Å². The van der Waals surface area contributed by atoms with E-state index in [0.29, 0.717) is 17.4 Å². The van der Waals surface area contributed by atoms with E-state index in [1.807, 2.05) is 36.4 Å². The monoisotopic (exact) mass is 289 g/mol. The van der Waals surface area contributed by atoms with E-state index in [-0.39, 0.29) is 0 Å². The third-order valence-electron chi connectivity index (χ3n) is 2.39. The Kier molecular flexibility index (Phi) is 5.07. The van der Waals surface area contributed by atoms with Gasteiger partial charge < -0.3 is 4.74 Å². The lowest BCUT2D eigenvalue weighted by Crippen LogP contribution is -1.94. The fraction of sp³-hybridized carbons (Fsp3) is 0.0667. The molecule has 0 aliphatic carbocycles. The third kappa shape index (κ3) is 4.47. The van der Waals surface area contributed by atoms with Gasteiger partial charge in [0.1, 0.15) is 12.4 Å². The lowest BCUT2D eigenvalue weighted by atomic mass is 10.2. The standard InChI is InChI=1S/C15H12ClNOS/c16-13-8-14(17-6-7-19)10-15(9-13)18-11-12-4-2-1-3-5-12/h1-10H,11H2. The minimum Gasteiger partial charge on any atom is -0.489 e. The number of hydrogen-bond donors (Lipinski definition) is 0. The minimum absolute atomic E-state index is 0.498. The molecule has 4 heteroatoms. The fourth-order valence-electron chi connectivity index (χ4n) is 1.56. The molecule has 2 rings (SSSR count). The van der Waals surface area contributed by atoms with Crippen molar-refractivity contribution >= 4 is 41.1 Å². The van der Waals surface area contributed by atoms with E-state index in [1.165, 1.54) is 5.37 Å². The number of aliphatic imine (C=N–C) groups is 1. The maximum absolute atomic E-state index is 6.02. The van der Waals surface area contributed by atoms with Gasteiger partial charge in [0.15, 0.2) is 0 Å². The Labute approximate surface area is 122 Å². The quantitative estimate of drug-likeness (QED) is 0.592. The molecule has 0 N–H and O–H groups in total. The summed E-state index contributed by atoms with van der Waals surface area (Å²) in [7, 11) is 0. The van der Waals surface area contributed by atoms with E-state index in [0.717, 1.165) is 11.3 Å². The SMILES string of the molecule is S=CC=Nc1cc(Cl)cc(OCc2ccccc2)c1. The van der Waals surface area contributed by atoms with Crippen LogP contribution in [0.1, 0.15) is 5.56 Å². The zero-order valence-corrected chi connectivity index (χ0v) is 11.7. The molecule has 96 valence electrons. The molecule has 2 aromatic rings. The summed E-state index contributed by atoms with van der Waals surface area (Å²) in [6, 6.07) is 15.3. The number of rotatable bonds is 5. The van der Waals surface area contributed by atoms with Gasteiger partial charge in [0.05, 0.1) is 5.69 Å². The summed E-state index contributed by atoms with van der Waals surface area (Å²) in [6.45, 7) is 0.498. The van der Waals surface area contributed by atoms with Crippen molar-refractivity contribution < 1.29 is 4.74 Å². The lowest BCUT2D eigenvalue weighted by molar-refractivity contribution is 0.306. The molecule has 0 heterocycles. The van der Waals surface area contributed by atoms with Crippen molar-refractivity contribution in [3.63, 3.8) is 0 Å². The molecule has 0 aromatic heterocycles. The van der Waals surface area contributed by atoms with Crippen molar-refractivity contribution in [1.29, 1.82) is 0 Å². The Hall–Kier alpha value is -1.71. The second-order valence-corrected chi connectivity index (χ2v) is 4.54. The van der Waals surface area contributed by atoms with Crippen LogP contribution in [0.2, 0.25) is 5.02 Å². The van der Waals surface area contributed by atoms with Crippen molar-refractivity contribution in [1.82, 2.24) is 0 Å². The first kappa shape index (κ1) is 13.7. The molecular weight excluding hydrogens is 278 g/mol. The minimum atomic E-state index is 0.498. The highest BCUT2D eigenvalue weighted by molar-refractivity contribution is 7.80. The van der Waals surface area contributed by atoms with Crippen LogP contribution in [-0.4, -0.2) is 11.6 Å². The topological polar surface area (TPSA) is 21.6 Å². The van der Waals surface area contributed by atoms with Crippen LogP contribution in [0.4, 0.5) is 5.69 Å². The van der Waals surface area contributed by atoms with Crippen LogP contribution < -0.4 is 4.74 Å². The Morgan fingerprint density at radius 3 is 2.68 bits per heavy atom. The van der Waals surface area contributed by atoms with Crippen LogP contribution in [-0.2, 0) is 6.61 Å². The van der Waals surface area contributed by atoms with Gasteiger partial charge >= 0.3 is 0 Å². The van der Waals surface area contributed by atoms with Gasteiger partial charge in [0.2, 0.25) is 0 Å². The molecule has 0 spiro atoms. The summed E-state index contributed by atoms with van der Waals surface area (Å²) in [5.74, 6) is 0.688. The first-order valence-corrected chi connectivity index (χ1v) is 6.58. The largest absolute Gasteiger partial charge is 0.489 e. The first-order chi connectivity index (χ1) is 9.28. The Bertz CT molecular complexity index is 584. The molecule has 19 heavy (non-hydrogen) atoms. The molecule has 0 bridgehead atoms. The predicted molar refractivity (Wildman–Crippen MR) is 84.0 cm³/mol. The molecule has 0 radical (unpaired) electrons. The van der Waals surface area contributed by atoms with E-state index in [1.54, 1.807) is 18.3 Å². The molecule has 0 amide bonds. The normalized spacial score (nSPS) is 10.6. The maximum Gasteiger partial charge on any atom is 0.123 e. The van der Waals surface area contributed by atoms with Crippen molar-refractivity contribution in [2.45, 2.75) is 6.61 Å². The molecule has 0 unspecified atom stereocenters. The van der Waals surface area contributed by atoms with E-state index in [4.69, 9.17) is 28.6 Å². The zero-order chi connectivity index (χ0) is 13.5. The van der Waals surface area contributed by atoms with Crippen molar-refractivity contribution in [2.75, 3.05) is 0 Å². The maximum atomic E-state index is 6.02. The highest BCUT2D eigenvalue weighted by Gasteiger charge is 2.00. The molecule has 2 nitrogen and oxygen atoms in total.